The van der Waals surface area contributed by atoms with Crippen LogP contribution in [-0.2, 0) is 19.1 Å². The summed E-state index contributed by atoms with van der Waals surface area (Å²) < 4.78 is 10.5. The summed E-state index contributed by atoms with van der Waals surface area (Å²) in [6, 6.07) is 11.1. The zero-order valence-electron chi connectivity index (χ0n) is 20.1. The molecule has 0 saturated carbocycles. The molecule has 0 aromatic heterocycles. The summed E-state index contributed by atoms with van der Waals surface area (Å²) in [6.07, 6.45) is 0. The largest absolute Gasteiger partial charge is 0.461 e. The van der Waals surface area contributed by atoms with Gasteiger partial charge in [0.05, 0.1) is 45.8 Å². The molecular weight excluding hydrogens is 472 g/mol. The predicted octanol–water partition coefficient (Wildman–Crippen LogP) is 4.42. The van der Waals surface area contributed by atoms with E-state index in [1.54, 1.807) is 33.8 Å². The van der Waals surface area contributed by atoms with E-state index >= 15 is 0 Å². The molecule has 0 spiro atoms. The molecule has 0 amide bonds. The number of nitro benzene ring substituents is 2. The lowest BCUT2D eigenvalue weighted by atomic mass is 10.1. The number of esters is 2. The van der Waals surface area contributed by atoms with Gasteiger partial charge in [0.1, 0.15) is 0 Å². The first-order chi connectivity index (χ1) is 17.1. The van der Waals surface area contributed by atoms with E-state index in [0.29, 0.717) is 5.69 Å². The SMILES string of the molecule is CCOC(=O)C1=C(C)N(c2cccc([N+](=O)[O-])c2)C(C)=C(C(=O)OCC)N1c1cccc([N+](=O)[O-])c1. The molecule has 0 aliphatic carbocycles. The summed E-state index contributed by atoms with van der Waals surface area (Å²) in [5.74, 6) is -1.60. The summed E-state index contributed by atoms with van der Waals surface area (Å²) in [5, 5.41) is 22.8. The molecule has 188 valence electrons. The van der Waals surface area contributed by atoms with Crippen LogP contribution in [-0.4, -0.2) is 35.0 Å². The van der Waals surface area contributed by atoms with Crippen LogP contribution in [0.1, 0.15) is 27.7 Å². The second kappa shape index (κ2) is 10.7. The Balaban J connectivity index is 2.37. The molecule has 0 unspecified atom stereocenters. The van der Waals surface area contributed by atoms with Crippen LogP contribution in [0.15, 0.2) is 71.3 Å². The first-order valence-corrected chi connectivity index (χ1v) is 11.0. The number of non-ortho nitro benzene ring substituents is 2. The third-order valence-electron chi connectivity index (χ3n) is 5.34. The molecular formula is C24H24N4O8. The second-order valence-corrected chi connectivity index (χ2v) is 7.53. The molecule has 0 bridgehead atoms. The molecule has 0 fully saturated rings. The molecule has 2 aromatic carbocycles. The van der Waals surface area contributed by atoms with Gasteiger partial charge in [0.15, 0.2) is 11.4 Å². The van der Waals surface area contributed by atoms with Gasteiger partial charge in [0.2, 0.25) is 0 Å². The number of carbonyl (C=O) groups is 2. The Hall–Kier alpha value is -4.74. The zero-order chi connectivity index (χ0) is 26.6. The maximum atomic E-state index is 13.2. The van der Waals surface area contributed by atoms with Gasteiger partial charge in [-0.25, -0.2) is 9.59 Å². The molecule has 12 nitrogen and oxygen atoms in total. The number of nitro groups is 2. The number of hydrogen-bond acceptors (Lipinski definition) is 10. The average Bonchev–Trinajstić information content (AvgIpc) is 2.84. The van der Waals surface area contributed by atoms with Gasteiger partial charge in [-0.1, -0.05) is 12.1 Å². The van der Waals surface area contributed by atoms with Crippen LogP contribution < -0.4 is 9.80 Å². The monoisotopic (exact) mass is 496 g/mol. The number of anilines is 2. The highest BCUT2D eigenvalue weighted by molar-refractivity contribution is 6.05. The van der Waals surface area contributed by atoms with E-state index in [-0.39, 0.29) is 53.1 Å². The van der Waals surface area contributed by atoms with Gasteiger partial charge in [-0.05, 0) is 39.8 Å². The van der Waals surface area contributed by atoms with Crippen molar-refractivity contribution in [3.8, 4) is 0 Å². The van der Waals surface area contributed by atoms with E-state index in [0.717, 1.165) is 0 Å². The quantitative estimate of drug-likeness (QED) is 0.292. The van der Waals surface area contributed by atoms with Crippen molar-refractivity contribution in [2.24, 2.45) is 0 Å². The van der Waals surface area contributed by atoms with Gasteiger partial charge in [0, 0.05) is 24.3 Å². The third-order valence-corrected chi connectivity index (χ3v) is 5.34. The fourth-order valence-electron chi connectivity index (χ4n) is 3.91. The van der Waals surface area contributed by atoms with Crippen LogP contribution in [0.4, 0.5) is 22.7 Å². The second-order valence-electron chi connectivity index (χ2n) is 7.53. The molecule has 3 rings (SSSR count). The minimum Gasteiger partial charge on any atom is -0.461 e. The van der Waals surface area contributed by atoms with Crippen molar-refractivity contribution >= 4 is 34.7 Å². The highest BCUT2D eigenvalue weighted by Gasteiger charge is 2.39. The number of benzene rings is 2. The molecule has 1 aliphatic heterocycles. The Morgan fingerprint density at radius 2 is 1.14 bits per heavy atom. The molecule has 2 aromatic rings. The van der Waals surface area contributed by atoms with E-state index in [1.807, 2.05) is 0 Å². The smallest absolute Gasteiger partial charge is 0.357 e. The molecule has 0 atom stereocenters. The van der Waals surface area contributed by atoms with Crippen LogP contribution in [0.5, 0.6) is 0 Å². The van der Waals surface area contributed by atoms with Crippen LogP contribution in [0.3, 0.4) is 0 Å². The summed E-state index contributed by atoms with van der Waals surface area (Å²) >= 11 is 0. The Bertz CT molecular complexity index is 1260. The van der Waals surface area contributed by atoms with Crippen molar-refractivity contribution < 1.29 is 28.9 Å². The summed E-state index contributed by atoms with van der Waals surface area (Å²) in [5.41, 5.74) is 0.404. The Kier molecular flexibility index (Phi) is 7.67. The lowest BCUT2D eigenvalue weighted by Gasteiger charge is -2.39. The van der Waals surface area contributed by atoms with Crippen molar-refractivity contribution in [1.29, 1.82) is 0 Å². The maximum Gasteiger partial charge on any atom is 0.357 e. The molecule has 0 N–H and O–H groups in total. The van der Waals surface area contributed by atoms with Gasteiger partial charge >= 0.3 is 11.9 Å². The predicted molar refractivity (Wildman–Crippen MR) is 130 cm³/mol. The van der Waals surface area contributed by atoms with Gasteiger partial charge in [-0.15, -0.1) is 0 Å². The molecule has 12 heteroatoms. The number of ether oxygens (including phenoxy) is 2. The summed E-state index contributed by atoms with van der Waals surface area (Å²) in [6.45, 7) is 6.43. The van der Waals surface area contributed by atoms with E-state index in [1.165, 1.54) is 52.3 Å². The number of nitrogens with zero attached hydrogens (tertiary/aromatic N) is 4. The normalized spacial score (nSPS) is 13.6. The number of rotatable bonds is 8. The topological polar surface area (TPSA) is 145 Å². The van der Waals surface area contributed by atoms with E-state index in [9.17, 15) is 29.8 Å². The van der Waals surface area contributed by atoms with Gasteiger partial charge < -0.3 is 14.4 Å². The first-order valence-electron chi connectivity index (χ1n) is 11.0. The van der Waals surface area contributed by atoms with Gasteiger partial charge in [0.25, 0.3) is 11.4 Å². The van der Waals surface area contributed by atoms with Crippen LogP contribution >= 0.6 is 0 Å². The number of carbonyl (C=O) groups excluding carboxylic acids is 2. The van der Waals surface area contributed by atoms with Crippen molar-refractivity contribution in [2.45, 2.75) is 27.7 Å². The average molecular weight is 496 g/mol. The van der Waals surface area contributed by atoms with Crippen molar-refractivity contribution in [2.75, 3.05) is 23.0 Å². The highest BCUT2D eigenvalue weighted by Crippen LogP contribution is 2.40. The zero-order valence-corrected chi connectivity index (χ0v) is 20.1. The maximum absolute atomic E-state index is 13.2. The van der Waals surface area contributed by atoms with Gasteiger partial charge in [-0.2, -0.15) is 0 Å². The number of allylic oxidation sites excluding steroid dienone is 2. The highest BCUT2D eigenvalue weighted by atomic mass is 16.6. The van der Waals surface area contributed by atoms with Crippen LogP contribution in [0, 0.1) is 20.2 Å². The van der Waals surface area contributed by atoms with Crippen molar-refractivity contribution in [3.05, 3.63) is 91.5 Å². The minimum atomic E-state index is -0.800. The Labute approximate surface area is 206 Å². The third kappa shape index (κ3) is 4.87. The molecule has 0 saturated heterocycles. The van der Waals surface area contributed by atoms with Gasteiger partial charge in [-0.3, -0.25) is 25.1 Å². The minimum absolute atomic E-state index is 0.0205. The molecule has 1 heterocycles. The summed E-state index contributed by atoms with van der Waals surface area (Å²) in [7, 11) is 0. The van der Waals surface area contributed by atoms with E-state index < -0.39 is 21.8 Å². The Morgan fingerprint density at radius 3 is 1.50 bits per heavy atom. The first kappa shape index (κ1) is 25.9. The molecule has 36 heavy (non-hydrogen) atoms. The summed E-state index contributed by atoms with van der Waals surface area (Å²) in [4.78, 5) is 50.9. The fraction of sp³-hybridized carbons (Fsp3) is 0.250. The Morgan fingerprint density at radius 1 is 0.750 bits per heavy atom. The lowest BCUT2D eigenvalue weighted by Crippen LogP contribution is -2.42. The van der Waals surface area contributed by atoms with Crippen molar-refractivity contribution in [3.63, 3.8) is 0 Å². The fourth-order valence-corrected chi connectivity index (χ4v) is 3.91. The van der Waals surface area contributed by atoms with Crippen LogP contribution in [0.2, 0.25) is 0 Å². The van der Waals surface area contributed by atoms with Crippen LogP contribution in [0.25, 0.3) is 0 Å². The lowest BCUT2D eigenvalue weighted by molar-refractivity contribution is -0.385. The van der Waals surface area contributed by atoms with E-state index in [2.05, 4.69) is 0 Å². The van der Waals surface area contributed by atoms with Crippen molar-refractivity contribution in [1.82, 2.24) is 0 Å². The molecule has 1 aliphatic rings. The number of hydrogen-bond donors (Lipinski definition) is 0. The standard InChI is InChI=1S/C24H24N4O8/c1-5-35-23(29)21-15(3)25(17-9-7-11-19(13-17)27(31)32)16(4)22(24(30)36-6-2)26(21)18-10-8-12-20(14-18)28(33)34/h7-14H,5-6H2,1-4H3. The van der Waals surface area contributed by atoms with E-state index in [4.69, 9.17) is 9.47 Å². The molecule has 0 radical (unpaired) electrons.